The fourth-order valence-electron chi connectivity index (χ4n) is 3.44. The fraction of sp³-hybridized carbons (Fsp3) is 0.529. The van der Waals surface area contributed by atoms with Crippen molar-refractivity contribution in [3.05, 3.63) is 35.5 Å². The van der Waals surface area contributed by atoms with Gasteiger partial charge < -0.3 is 10.1 Å². The van der Waals surface area contributed by atoms with E-state index in [1.54, 1.807) is 23.3 Å². The topological polar surface area (TPSA) is 81.9 Å². The quantitative estimate of drug-likeness (QED) is 0.912. The summed E-state index contributed by atoms with van der Waals surface area (Å²) in [6.45, 7) is 5.89. The van der Waals surface area contributed by atoms with Crippen molar-refractivity contribution in [2.75, 3.05) is 0 Å². The van der Waals surface area contributed by atoms with Crippen LogP contribution in [0.15, 0.2) is 18.6 Å². The van der Waals surface area contributed by atoms with Crippen LogP contribution in [0.3, 0.4) is 0 Å². The molecule has 4 rings (SSSR count). The van der Waals surface area contributed by atoms with E-state index in [4.69, 9.17) is 4.74 Å². The minimum absolute atomic E-state index is 0.0237. The number of hydrogen-bond donors (Lipinski definition) is 1. The minimum Gasteiger partial charge on any atom is -0.368 e. The summed E-state index contributed by atoms with van der Waals surface area (Å²) >= 11 is 0. The average Bonchev–Trinajstić information content (AvgIpc) is 3.09. The van der Waals surface area contributed by atoms with Gasteiger partial charge >= 0.3 is 0 Å². The molecular weight excluding hydrogens is 306 g/mol. The summed E-state index contributed by atoms with van der Waals surface area (Å²) in [6, 6.07) is 0. The number of ether oxygens (including phenoxy) is 1. The first-order valence-electron chi connectivity index (χ1n) is 8.28. The second-order valence-corrected chi connectivity index (χ2v) is 7.42. The Morgan fingerprint density at radius 2 is 2.17 bits per heavy atom. The molecule has 126 valence electrons. The zero-order chi connectivity index (χ0) is 16.9. The molecule has 2 aliphatic heterocycles. The highest BCUT2D eigenvalue weighted by Gasteiger charge is 2.40. The van der Waals surface area contributed by atoms with Crippen molar-refractivity contribution in [2.45, 2.75) is 57.8 Å². The summed E-state index contributed by atoms with van der Waals surface area (Å²) in [4.78, 5) is 21.2. The van der Waals surface area contributed by atoms with Gasteiger partial charge in [-0.2, -0.15) is 5.10 Å². The molecule has 2 atom stereocenters. The molecule has 0 spiro atoms. The maximum Gasteiger partial charge on any atom is 0.272 e. The van der Waals surface area contributed by atoms with E-state index in [1.807, 2.05) is 20.8 Å². The third kappa shape index (κ3) is 2.58. The zero-order valence-corrected chi connectivity index (χ0v) is 14.1. The molecule has 0 aliphatic carbocycles. The molecule has 1 N–H and O–H groups in total. The van der Waals surface area contributed by atoms with Crippen molar-refractivity contribution in [1.29, 1.82) is 0 Å². The van der Waals surface area contributed by atoms with Crippen LogP contribution in [0.1, 0.15) is 61.5 Å². The van der Waals surface area contributed by atoms with Gasteiger partial charge in [-0.1, -0.05) is 0 Å². The van der Waals surface area contributed by atoms with Gasteiger partial charge in [0.25, 0.3) is 5.91 Å². The van der Waals surface area contributed by atoms with E-state index in [1.165, 1.54) is 0 Å². The number of nitrogens with zero attached hydrogens (tertiary/aromatic N) is 4. The van der Waals surface area contributed by atoms with E-state index >= 15 is 0 Å². The molecule has 2 aliphatic rings. The van der Waals surface area contributed by atoms with Crippen molar-refractivity contribution < 1.29 is 9.53 Å². The lowest BCUT2D eigenvalue weighted by Gasteiger charge is -2.23. The summed E-state index contributed by atoms with van der Waals surface area (Å²) in [5, 5.41) is 7.60. The van der Waals surface area contributed by atoms with Crippen LogP contribution in [0.25, 0.3) is 5.82 Å². The largest absolute Gasteiger partial charge is 0.368 e. The van der Waals surface area contributed by atoms with E-state index in [9.17, 15) is 4.79 Å². The van der Waals surface area contributed by atoms with Gasteiger partial charge in [0.05, 0.1) is 18.0 Å². The number of carbonyl (C=O) groups excluding carboxylic acids is 1. The van der Waals surface area contributed by atoms with Gasteiger partial charge in [0.15, 0.2) is 11.5 Å². The lowest BCUT2D eigenvalue weighted by atomic mass is 10.0. The first-order valence-corrected chi connectivity index (χ1v) is 8.28. The second-order valence-electron chi connectivity index (χ2n) is 7.42. The fourth-order valence-corrected chi connectivity index (χ4v) is 3.44. The van der Waals surface area contributed by atoms with Crippen LogP contribution in [-0.4, -0.2) is 37.3 Å². The van der Waals surface area contributed by atoms with E-state index < -0.39 is 0 Å². The van der Waals surface area contributed by atoms with Crippen LogP contribution in [0.4, 0.5) is 0 Å². The molecule has 0 saturated carbocycles. The number of amides is 1. The van der Waals surface area contributed by atoms with Crippen LogP contribution in [-0.2, 0) is 11.2 Å². The molecule has 0 aromatic carbocycles. The number of fused-ring (bicyclic) bond motifs is 4. The highest BCUT2D eigenvalue weighted by molar-refractivity contribution is 5.94. The maximum atomic E-state index is 12.7. The highest BCUT2D eigenvalue weighted by atomic mass is 16.5. The van der Waals surface area contributed by atoms with Crippen LogP contribution >= 0.6 is 0 Å². The maximum absolute atomic E-state index is 12.7. The molecule has 2 bridgehead atoms. The second kappa shape index (κ2) is 5.37. The number of aromatic nitrogens is 4. The predicted molar refractivity (Wildman–Crippen MR) is 86.9 cm³/mol. The first kappa shape index (κ1) is 15.3. The van der Waals surface area contributed by atoms with Gasteiger partial charge in [-0.05, 0) is 33.6 Å². The minimum atomic E-state index is -0.315. The Morgan fingerprint density at radius 1 is 1.33 bits per heavy atom. The summed E-state index contributed by atoms with van der Waals surface area (Å²) < 4.78 is 7.77. The Hall–Kier alpha value is -2.28. The van der Waals surface area contributed by atoms with Gasteiger partial charge in [-0.15, -0.1) is 0 Å². The summed E-state index contributed by atoms with van der Waals surface area (Å²) in [6.07, 6.45) is 7.74. The van der Waals surface area contributed by atoms with Crippen molar-refractivity contribution in [3.8, 4) is 5.82 Å². The Morgan fingerprint density at radius 3 is 2.88 bits per heavy atom. The molecule has 1 amide bonds. The van der Waals surface area contributed by atoms with Crippen molar-refractivity contribution in [1.82, 2.24) is 25.1 Å². The average molecular weight is 327 g/mol. The predicted octanol–water partition coefficient (Wildman–Crippen LogP) is 1.97. The van der Waals surface area contributed by atoms with Crippen LogP contribution < -0.4 is 5.32 Å². The monoisotopic (exact) mass is 327 g/mol. The molecule has 7 nitrogen and oxygen atoms in total. The molecule has 7 heteroatoms. The smallest absolute Gasteiger partial charge is 0.272 e. The molecule has 1 fully saturated rings. The van der Waals surface area contributed by atoms with Gasteiger partial charge in [0.1, 0.15) is 6.10 Å². The molecule has 2 aromatic rings. The highest BCUT2D eigenvalue weighted by Crippen LogP contribution is 2.42. The van der Waals surface area contributed by atoms with Gasteiger partial charge in [0.2, 0.25) is 0 Å². The number of rotatable bonds is 2. The summed E-state index contributed by atoms with van der Waals surface area (Å²) in [5.41, 5.74) is 2.10. The molecule has 2 aromatic heterocycles. The van der Waals surface area contributed by atoms with Crippen molar-refractivity contribution in [3.63, 3.8) is 0 Å². The molecule has 2 unspecified atom stereocenters. The van der Waals surface area contributed by atoms with E-state index in [2.05, 4.69) is 20.4 Å². The molecule has 1 saturated heterocycles. The molecule has 4 heterocycles. The first-order chi connectivity index (χ1) is 11.4. The SMILES string of the molecule is CC(C)(C)NC(=O)c1nn(-c2cnccn2)c2c1CC1CCC2O1. The van der Waals surface area contributed by atoms with Crippen LogP contribution in [0.5, 0.6) is 0 Å². The number of nitrogens with one attached hydrogen (secondary N) is 1. The normalized spacial score (nSPS) is 22.3. The van der Waals surface area contributed by atoms with Crippen molar-refractivity contribution >= 4 is 5.91 Å². The lowest BCUT2D eigenvalue weighted by molar-refractivity contribution is 0.0285. The van der Waals surface area contributed by atoms with E-state index in [0.29, 0.717) is 11.5 Å². The van der Waals surface area contributed by atoms with Crippen LogP contribution in [0.2, 0.25) is 0 Å². The Kier molecular flexibility index (Phi) is 3.42. The third-order valence-corrected chi connectivity index (χ3v) is 4.34. The van der Waals surface area contributed by atoms with E-state index in [0.717, 1.165) is 30.5 Å². The molecular formula is C17H21N5O2. The summed E-state index contributed by atoms with van der Waals surface area (Å²) in [7, 11) is 0. The lowest BCUT2D eigenvalue weighted by Crippen LogP contribution is -2.41. The Bertz CT molecular complexity index is 778. The van der Waals surface area contributed by atoms with Gasteiger partial charge in [0, 0.05) is 29.9 Å². The third-order valence-electron chi connectivity index (χ3n) is 4.34. The molecule has 0 radical (unpaired) electrons. The standard InChI is InChI=1S/C17H21N5O2/c1-17(2,3)20-16(23)14-11-8-10-4-5-12(24-10)15(11)22(21-14)13-9-18-6-7-19-13/h6-7,9-10,12H,4-5,8H2,1-3H3,(H,20,23). The number of carbonyl (C=O) groups is 1. The van der Waals surface area contributed by atoms with Gasteiger partial charge in [-0.3, -0.25) is 9.78 Å². The van der Waals surface area contributed by atoms with Crippen molar-refractivity contribution in [2.24, 2.45) is 0 Å². The van der Waals surface area contributed by atoms with E-state index in [-0.39, 0.29) is 23.7 Å². The Labute approximate surface area is 140 Å². The summed E-state index contributed by atoms with van der Waals surface area (Å²) in [5.74, 6) is 0.459. The van der Waals surface area contributed by atoms with Gasteiger partial charge in [-0.25, -0.2) is 9.67 Å². The zero-order valence-electron chi connectivity index (χ0n) is 14.1. The molecule has 24 heavy (non-hydrogen) atoms. The Balaban J connectivity index is 1.83. The number of hydrogen-bond acceptors (Lipinski definition) is 5. The van der Waals surface area contributed by atoms with Crippen LogP contribution in [0, 0.1) is 0 Å².